The van der Waals surface area contributed by atoms with Crippen molar-refractivity contribution in [2.24, 2.45) is 0 Å². The number of non-ortho nitro benzene ring substituents is 1. The highest BCUT2D eigenvalue weighted by Crippen LogP contribution is 2.38. The van der Waals surface area contributed by atoms with Gasteiger partial charge in [-0.1, -0.05) is 24.3 Å². The Bertz CT molecular complexity index is 947. The first-order valence-electron chi connectivity index (χ1n) is 7.10. The molecule has 2 aromatic rings. The number of nitro groups is 1. The Hall–Kier alpha value is -2.93. The molecule has 0 amide bonds. The van der Waals surface area contributed by atoms with E-state index in [1.54, 1.807) is 6.07 Å². The van der Waals surface area contributed by atoms with E-state index in [2.05, 4.69) is 0 Å². The third-order valence-electron chi connectivity index (χ3n) is 3.68. The second-order valence-electron chi connectivity index (χ2n) is 5.34. The fraction of sp³-hybridized carbons (Fsp3) is 0.188. The van der Waals surface area contributed by atoms with Gasteiger partial charge in [-0.3, -0.25) is 10.1 Å². The van der Waals surface area contributed by atoms with Gasteiger partial charge in [0.15, 0.2) is 0 Å². The van der Waals surface area contributed by atoms with Crippen molar-refractivity contribution in [3.8, 4) is 6.07 Å². The van der Waals surface area contributed by atoms with Crippen LogP contribution in [0.15, 0.2) is 48.5 Å². The van der Waals surface area contributed by atoms with Gasteiger partial charge in [-0.15, -0.1) is 0 Å². The molecule has 2 aromatic carbocycles. The zero-order chi connectivity index (χ0) is 19.5. The second-order valence-corrected chi connectivity index (χ2v) is 7.46. The molecule has 1 atom stereocenters. The van der Waals surface area contributed by atoms with Crippen molar-refractivity contribution in [2.45, 2.75) is 17.2 Å². The Morgan fingerprint density at radius 1 is 1.08 bits per heavy atom. The first-order valence-corrected chi connectivity index (χ1v) is 8.64. The van der Waals surface area contributed by atoms with Gasteiger partial charge < -0.3 is 0 Å². The average Bonchev–Trinajstić information content (AvgIpc) is 2.59. The quantitative estimate of drug-likeness (QED) is 0.578. The molecule has 0 aliphatic rings. The fourth-order valence-electron chi connectivity index (χ4n) is 2.31. The van der Waals surface area contributed by atoms with E-state index in [1.165, 1.54) is 24.3 Å². The van der Waals surface area contributed by atoms with Crippen LogP contribution in [-0.4, -0.2) is 18.8 Å². The standard InChI is InChI=1S/C16H11F3N2O4S/c17-16(18,19)26(24,25)15(13-5-1-12(10-20)2-6-13)9-11-3-7-14(8-4-11)21(22)23/h1-8,15H,9H2. The summed E-state index contributed by atoms with van der Waals surface area (Å²) in [6.45, 7) is 0. The molecular weight excluding hydrogens is 373 g/mol. The highest BCUT2D eigenvalue weighted by Gasteiger charge is 2.51. The van der Waals surface area contributed by atoms with Crippen molar-refractivity contribution in [3.63, 3.8) is 0 Å². The molecule has 0 saturated heterocycles. The zero-order valence-electron chi connectivity index (χ0n) is 13.0. The molecule has 6 nitrogen and oxygen atoms in total. The summed E-state index contributed by atoms with van der Waals surface area (Å²) in [6, 6.07) is 11.1. The predicted molar refractivity (Wildman–Crippen MR) is 85.7 cm³/mol. The van der Waals surface area contributed by atoms with Crippen molar-refractivity contribution >= 4 is 15.5 Å². The van der Waals surface area contributed by atoms with Crippen LogP contribution in [0.25, 0.3) is 0 Å². The molecule has 10 heteroatoms. The van der Waals surface area contributed by atoms with E-state index in [-0.39, 0.29) is 22.4 Å². The number of sulfone groups is 1. The maximum atomic E-state index is 13.1. The van der Waals surface area contributed by atoms with E-state index < -0.39 is 31.9 Å². The molecule has 0 radical (unpaired) electrons. The third kappa shape index (κ3) is 4.00. The lowest BCUT2D eigenvalue weighted by molar-refractivity contribution is -0.384. The molecule has 0 N–H and O–H groups in total. The minimum absolute atomic E-state index is 0.125. The Morgan fingerprint density at radius 3 is 2.04 bits per heavy atom. The number of benzene rings is 2. The second kappa shape index (κ2) is 7.13. The van der Waals surface area contributed by atoms with Gasteiger partial charge in [0, 0.05) is 12.1 Å². The number of hydrogen-bond donors (Lipinski definition) is 0. The van der Waals surface area contributed by atoms with Gasteiger partial charge in [0.1, 0.15) is 0 Å². The molecule has 0 aliphatic heterocycles. The minimum atomic E-state index is -5.55. The maximum absolute atomic E-state index is 13.1. The highest BCUT2D eigenvalue weighted by molar-refractivity contribution is 7.92. The minimum Gasteiger partial charge on any atom is -0.258 e. The van der Waals surface area contributed by atoms with Gasteiger partial charge in [-0.2, -0.15) is 18.4 Å². The van der Waals surface area contributed by atoms with Crippen molar-refractivity contribution in [1.29, 1.82) is 5.26 Å². The molecule has 0 aromatic heterocycles. The van der Waals surface area contributed by atoms with Crippen LogP contribution in [-0.2, 0) is 16.3 Å². The van der Waals surface area contributed by atoms with Crippen LogP contribution in [0.1, 0.15) is 21.9 Å². The molecule has 0 bridgehead atoms. The van der Waals surface area contributed by atoms with E-state index in [1.807, 2.05) is 0 Å². The van der Waals surface area contributed by atoms with E-state index in [0.29, 0.717) is 0 Å². The molecule has 0 heterocycles. The molecule has 1 unspecified atom stereocenters. The number of nitrogens with zero attached hydrogens (tertiary/aromatic N) is 2. The lowest BCUT2D eigenvalue weighted by atomic mass is 10.0. The summed E-state index contributed by atoms with van der Waals surface area (Å²) >= 11 is 0. The number of hydrogen-bond acceptors (Lipinski definition) is 5. The van der Waals surface area contributed by atoms with Crippen LogP contribution in [0.4, 0.5) is 18.9 Å². The molecular formula is C16H11F3N2O4S. The monoisotopic (exact) mass is 384 g/mol. The van der Waals surface area contributed by atoms with Crippen molar-refractivity contribution < 1.29 is 26.5 Å². The summed E-state index contributed by atoms with van der Waals surface area (Å²) in [5, 5.41) is 17.5. The van der Waals surface area contributed by atoms with E-state index in [4.69, 9.17) is 5.26 Å². The van der Waals surface area contributed by atoms with Crippen molar-refractivity contribution in [2.75, 3.05) is 0 Å². The average molecular weight is 384 g/mol. The number of rotatable bonds is 5. The first-order chi connectivity index (χ1) is 12.1. The van der Waals surface area contributed by atoms with Crippen molar-refractivity contribution in [1.82, 2.24) is 0 Å². The number of nitriles is 1. The topological polar surface area (TPSA) is 101 Å². The predicted octanol–water partition coefficient (Wildman–Crippen LogP) is 3.68. The number of nitro benzene ring substituents is 1. The molecule has 0 aliphatic carbocycles. The van der Waals surface area contributed by atoms with E-state index in [0.717, 1.165) is 24.3 Å². The van der Waals surface area contributed by atoms with Crippen LogP contribution >= 0.6 is 0 Å². The highest BCUT2D eigenvalue weighted by atomic mass is 32.2. The van der Waals surface area contributed by atoms with Gasteiger partial charge in [-0.25, -0.2) is 8.42 Å². The number of alkyl halides is 3. The lowest BCUT2D eigenvalue weighted by Gasteiger charge is -2.20. The summed E-state index contributed by atoms with van der Waals surface area (Å²) in [7, 11) is -5.55. The Labute approximate surface area is 146 Å². The molecule has 0 saturated carbocycles. The smallest absolute Gasteiger partial charge is 0.258 e. The van der Waals surface area contributed by atoms with Crippen LogP contribution in [0.5, 0.6) is 0 Å². The van der Waals surface area contributed by atoms with E-state index >= 15 is 0 Å². The summed E-state index contributed by atoms with van der Waals surface area (Å²) in [4.78, 5) is 9.97. The normalized spacial score (nSPS) is 13.0. The number of halogens is 3. The summed E-state index contributed by atoms with van der Waals surface area (Å²) < 4.78 is 63.1. The first kappa shape index (κ1) is 19.4. The van der Waals surface area contributed by atoms with Gasteiger partial charge in [0.25, 0.3) is 15.5 Å². The van der Waals surface area contributed by atoms with Gasteiger partial charge in [0.2, 0.25) is 0 Å². The van der Waals surface area contributed by atoms with Crippen LogP contribution in [0.3, 0.4) is 0 Å². The zero-order valence-corrected chi connectivity index (χ0v) is 13.8. The van der Waals surface area contributed by atoms with Gasteiger partial charge >= 0.3 is 5.51 Å². The third-order valence-corrected chi connectivity index (χ3v) is 5.51. The van der Waals surface area contributed by atoms with Gasteiger partial charge in [0.05, 0.1) is 21.8 Å². The SMILES string of the molecule is N#Cc1ccc(C(Cc2ccc([N+](=O)[O-])cc2)S(=O)(=O)C(F)(F)F)cc1. The Balaban J connectivity index is 2.46. The fourth-order valence-corrected chi connectivity index (χ4v) is 3.56. The summed E-state index contributed by atoms with van der Waals surface area (Å²) in [6.07, 6.45) is -0.522. The van der Waals surface area contributed by atoms with Gasteiger partial charge in [-0.05, 0) is 29.7 Å². The maximum Gasteiger partial charge on any atom is 0.498 e. The Kier molecular flexibility index (Phi) is 5.32. The largest absolute Gasteiger partial charge is 0.498 e. The van der Waals surface area contributed by atoms with E-state index in [9.17, 15) is 31.7 Å². The molecule has 0 fully saturated rings. The molecule has 0 spiro atoms. The van der Waals surface area contributed by atoms with Crippen LogP contribution < -0.4 is 0 Å². The van der Waals surface area contributed by atoms with Crippen LogP contribution in [0, 0.1) is 21.4 Å². The molecule has 2 rings (SSSR count). The Morgan fingerprint density at radius 2 is 1.62 bits per heavy atom. The van der Waals surface area contributed by atoms with Crippen molar-refractivity contribution in [3.05, 3.63) is 75.3 Å². The summed E-state index contributed by atoms with van der Waals surface area (Å²) in [5.74, 6) is 0. The molecule has 26 heavy (non-hydrogen) atoms. The molecule has 136 valence electrons. The van der Waals surface area contributed by atoms with Crippen LogP contribution in [0.2, 0.25) is 0 Å². The lowest BCUT2D eigenvalue weighted by Crippen LogP contribution is -2.30. The summed E-state index contributed by atoms with van der Waals surface area (Å²) in [5.41, 5.74) is -5.49.